The summed E-state index contributed by atoms with van der Waals surface area (Å²) in [5, 5.41) is 12.2. The number of carbonyl (C=O) groups excluding carboxylic acids is 2. The van der Waals surface area contributed by atoms with Crippen molar-refractivity contribution in [3.05, 3.63) is 29.8 Å². The van der Waals surface area contributed by atoms with Gasteiger partial charge >= 0.3 is 12.0 Å². The lowest BCUT2D eigenvalue weighted by atomic mass is 10.1. The Kier molecular flexibility index (Phi) is 6.68. The summed E-state index contributed by atoms with van der Waals surface area (Å²) >= 11 is 0. The summed E-state index contributed by atoms with van der Waals surface area (Å²) in [5.74, 6) is -0.326. The number of esters is 1. The largest absolute Gasteiger partial charge is 0.466 e. The number of amides is 2. The van der Waals surface area contributed by atoms with Crippen LogP contribution in [0.5, 0.6) is 0 Å². The molecule has 0 fully saturated rings. The summed E-state index contributed by atoms with van der Waals surface area (Å²) in [4.78, 5) is 24.6. The van der Waals surface area contributed by atoms with Crippen LogP contribution in [0.25, 0.3) is 0 Å². The third-order valence-electron chi connectivity index (χ3n) is 2.92. The van der Waals surface area contributed by atoms with Gasteiger partial charge in [-0.3, -0.25) is 4.79 Å². The van der Waals surface area contributed by atoms with E-state index in [0.717, 1.165) is 5.56 Å². The van der Waals surface area contributed by atoms with Crippen molar-refractivity contribution < 1.29 is 19.4 Å². The van der Waals surface area contributed by atoms with E-state index in [9.17, 15) is 14.7 Å². The Morgan fingerprint density at radius 3 is 2.76 bits per heavy atom. The summed E-state index contributed by atoms with van der Waals surface area (Å²) < 4.78 is 4.81. The second kappa shape index (κ2) is 8.26. The maximum atomic E-state index is 12.0. The molecule has 0 heterocycles. The van der Waals surface area contributed by atoms with Crippen LogP contribution in [0.15, 0.2) is 24.3 Å². The summed E-state index contributed by atoms with van der Waals surface area (Å²) in [6.45, 7) is 4.01. The lowest BCUT2D eigenvalue weighted by Crippen LogP contribution is -2.33. The van der Waals surface area contributed by atoms with E-state index in [1.54, 1.807) is 45.2 Å². The molecular weight excluding hydrogens is 272 g/mol. The highest BCUT2D eigenvalue weighted by molar-refractivity contribution is 5.89. The third-order valence-corrected chi connectivity index (χ3v) is 2.92. The molecule has 2 amide bonds. The number of rotatable bonds is 6. The number of nitrogens with one attached hydrogen (secondary N) is 1. The number of aliphatic hydroxyl groups is 1. The zero-order chi connectivity index (χ0) is 15.8. The molecule has 21 heavy (non-hydrogen) atoms. The Labute approximate surface area is 124 Å². The Bertz CT molecular complexity index is 488. The molecule has 2 N–H and O–H groups in total. The van der Waals surface area contributed by atoms with E-state index >= 15 is 0 Å². The Morgan fingerprint density at radius 1 is 1.43 bits per heavy atom. The van der Waals surface area contributed by atoms with Crippen LogP contribution >= 0.6 is 0 Å². The summed E-state index contributed by atoms with van der Waals surface area (Å²) in [6.07, 6.45) is -0.436. The number of benzene rings is 1. The number of carbonyl (C=O) groups is 2. The maximum absolute atomic E-state index is 12.0. The minimum Gasteiger partial charge on any atom is -0.466 e. The highest BCUT2D eigenvalue weighted by Gasteiger charge is 2.12. The molecule has 1 rings (SSSR count). The van der Waals surface area contributed by atoms with E-state index in [2.05, 4.69) is 5.32 Å². The highest BCUT2D eigenvalue weighted by atomic mass is 16.5. The molecule has 0 aromatic heterocycles. The van der Waals surface area contributed by atoms with Crippen molar-refractivity contribution in [2.24, 2.45) is 0 Å². The molecule has 0 radical (unpaired) electrons. The van der Waals surface area contributed by atoms with Crippen LogP contribution in [0.2, 0.25) is 0 Å². The van der Waals surface area contributed by atoms with E-state index in [0.29, 0.717) is 12.3 Å². The minimum atomic E-state index is -0.594. The molecule has 0 bridgehead atoms. The van der Waals surface area contributed by atoms with Crippen molar-refractivity contribution in [1.82, 2.24) is 4.90 Å². The van der Waals surface area contributed by atoms with Gasteiger partial charge in [0.25, 0.3) is 0 Å². The van der Waals surface area contributed by atoms with Crippen LogP contribution in [0.3, 0.4) is 0 Å². The van der Waals surface area contributed by atoms with Crippen LogP contribution in [-0.4, -0.2) is 42.2 Å². The van der Waals surface area contributed by atoms with Gasteiger partial charge in [-0.1, -0.05) is 12.1 Å². The minimum absolute atomic E-state index is 0.158. The van der Waals surface area contributed by atoms with Gasteiger partial charge in [-0.05, 0) is 31.5 Å². The topological polar surface area (TPSA) is 78.9 Å². The van der Waals surface area contributed by atoms with Gasteiger partial charge in [-0.25, -0.2) is 4.79 Å². The van der Waals surface area contributed by atoms with Gasteiger partial charge in [-0.15, -0.1) is 0 Å². The van der Waals surface area contributed by atoms with Gasteiger partial charge in [-0.2, -0.15) is 0 Å². The van der Waals surface area contributed by atoms with Gasteiger partial charge < -0.3 is 20.1 Å². The fourth-order valence-corrected chi connectivity index (χ4v) is 1.69. The number of urea groups is 1. The number of nitrogens with zero attached hydrogens (tertiary/aromatic N) is 1. The molecule has 0 aliphatic heterocycles. The van der Waals surface area contributed by atoms with Crippen molar-refractivity contribution in [3.63, 3.8) is 0 Å². The Morgan fingerprint density at radius 2 is 2.14 bits per heavy atom. The molecule has 0 saturated heterocycles. The molecule has 1 atom stereocenters. The number of ether oxygens (including phenoxy) is 1. The molecule has 6 heteroatoms. The fraction of sp³-hybridized carbons (Fsp3) is 0.467. The quantitative estimate of drug-likeness (QED) is 0.788. The van der Waals surface area contributed by atoms with Crippen molar-refractivity contribution in [3.8, 4) is 0 Å². The SMILES string of the molecule is CCOC(=O)CCN(C)C(=O)Nc1cccc(C(C)O)c1. The number of hydrogen-bond donors (Lipinski definition) is 2. The first-order chi connectivity index (χ1) is 9.93. The van der Waals surface area contributed by atoms with Crippen LogP contribution < -0.4 is 5.32 Å². The predicted molar refractivity (Wildman–Crippen MR) is 80.0 cm³/mol. The zero-order valence-electron chi connectivity index (χ0n) is 12.6. The number of aliphatic hydroxyl groups excluding tert-OH is 1. The van der Waals surface area contributed by atoms with Crippen LogP contribution in [0.1, 0.15) is 31.9 Å². The Balaban J connectivity index is 2.52. The van der Waals surface area contributed by atoms with E-state index < -0.39 is 6.10 Å². The number of hydrogen-bond acceptors (Lipinski definition) is 4. The summed E-state index contributed by atoms with van der Waals surface area (Å²) in [5.41, 5.74) is 1.32. The first-order valence-electron chi connectivity index (χ1n) is 6.89. The Hall–Kier alpha value is -2.08. The molecule has 0 aliphatic rings. The first-order valence-corrected chi connectivity index (χ1v) is 6.89. The lowest BCUT2D eigenvalue weighted by Gasteiger charge is -2.18. The molecule has 0 aliphatic carbocycles. The van der Waals surface area contributed by atoms with Crippen molar-refractivity contribution in [1.29, 1.82) is 0 Å². The van der Waals surface area contributed by atoms with Crippen LogP contribution in [0, 0.1) is 0 Å². The van der Waals surface area contributed by atoms with Gasteiger partial charge in [0.1, 0.15) is 0 Å². The lowest BCUT2D eigenvalue weighted by molar-refractivity contribution is -0.143. The van der Waals surface area contributed by atoms with Crippen molar-refractivity contribution in [2.45, 2.75) is 26.4 Å². The van der Waals surface area contributed by atoms with Crippen LogP contribution in [-0.2, 0) is 9.53 Å². The molecule has 1 unspecified atom stereocenters. The molecule has 0 spiro atoms. The molecule has 0 saturated carbocycles. The standard InChI is InChI=1S/C15H22N2O4/c1-4-21-14(19)8-9-17(3)15(20)16-13-7-5-6-12(10-13)11(2)18/h5-7,10-11,18H,4,8-9H2,1-3H3,(H,16,20). The molecule has 6 nitrogen and oxygen atoms in total. The van der Waals surface area contributed by atoms with Gasteiger partial charge in [0.05, 0.1) is 19.1 Å². The summed E-state index contributed by atoms with van der Waals surface area (Å²) in [6, 6.07) is 6.67. The van der Waals surface area contributed by atoms with Crippen molar-refractivity contribution >= 4 is 17.7 Å². The van der Waals surface area contributed by atoms with Gasteiger partial charge in [0, 0.05) is 19.3 Å². The predicted octanol–water partition coefficient (Wildman–Crippen LogP) is 2.16. The van der Waals surface area contributed by atoms with E-state index in [1.165, 1.54) is 4.90 Å². The normalized spacial score (nSPS) is 11.6. The van der Waals surface area contributed by atoms with E-state index in [1.807, 2.05) is 0 Å². The van der Waals surface area contributed by atoms with Gasteiger partial charge in [0.15, 0.2) is 0 Å². The molecule has 1 aromatic carbocycles. The van der Waals surface area contributed by atoms with E-state index in [-0.39, 0.29) is 25.0 Å². The average Bonchev–Trinajstić information content (AvgIpc) is 2.45. The van der Waals surface area contributed by atoms with Crippen LogP contribution in [0.4, 0.5) is 10.5 Å². The zero-order valence-corrected chi connectivity index (χ0v) is 12.6. The number of anilines is 1. The monoisotopic (exact) mass is 294 g/mol. The highest BCUT2D eigenvalue weighted by Crippen LogP contribution is 2.17. The third kappa shape index (κ3) is 5.83. The molecule has 1 aromatic rings. The second-order valence-corrected chi connectivity index (χ2v) is 4.71. The molecular formula is C15H22N2O4. The average molecular weight is 294 g/mol. The van der Waals surface area contributed by atoms with E-state index in [4.69, 9.17) is 4.74 Å². The second-order valence-electron chi connectivity index (χ2n) is 4.71. The smallest absolute Gasteiger partial charge is 0.321 e. The van der Waals surface area contributed by atoms with Crippen molar-refractivity contribution in [2.75, 3.05) is 25.5 Å². The first kappa shape index (κ1) is 17.0. The maximum Gasteiger partial charge on any atom is 0.321 e. The summed E-state index contributed by atoms with van der Waals surface area (Å²) in [7, 11) is 1.60. The fourth-order valence-electron chi connectivity index (χ4n) is 1.69. The van der Waals surface area contributed by atoms with Gasteiger partial charge in [0.2, 0.25) is 0 Å². The molecule has 116 valence electrons.